The molecular weight excluding hydrogens is 381 g/mol. The van der Waals surface area contributed by atoms with Gasteiger partial charge in [-0.3, -0.25) is 9.59 Å². The van der Waals surface area contributed by atoms with Gasteiger partial charge in [-0.05, 0) is 42.8 Å². The zero-order valence-corrected chi connectivity index (χ0v) is 15.1. The molecule has 0 aromatic heterocycles. The molecule has 4 nitrogen and oxygen atoms in total. The van der Waals surface area contributed by atoms with E-state index in [9.17, 15) is 22.8 Å². The van der Waals surface area contributed by atoms with Gasteiger partial charge in [0.1, 0.15) is 0 Å². The van der Waals surface area contributed by atoms with Crippen LogP contribution in [-0.2, 0) is 15.8 Å². The first-order chi connectivity index (χ1) is 12.7. The second-order valence-electron chi connectivity index (χ2n) is 6.37. The lowest BCUT2D eigenvalue weighted by atomic mass is 10.1. The lowest BCUT2D eigenvalue weighted by Gasteiger charge is -2.19. The van der Waals surface area contributed by atoms with Crippen LogP contribution in [0.1, 0.15) is 17.5 Å². The number of hydrogen-bond acceptors (Lipinski definition) is 2. The van der Waals surface area contributed by atoms with E-state index in [0.717, 1.165) is 11.6 Å². The van der Waals surface area contributed by atoms with Crippen LogP contribution >= 0.6 is 11.6 Å². The molecule has 2 amide bonds. The highest BCUT2D eigenvalue weighted by Crippen LogP contribution is 2.35. The third-order valence-corrected chi connectivity index (χ3v) is 4.67. The molecule has 1 atom stereocenters. The van der Waals surface area contributed by atoms with Crippen molar-refractivity contribution in [2.45, 2.75) is 19.5 Å². The molecule has 1 N–H and O–H groups in total. The Morgan fingerprint density at radius 1 is 1.22 bits per heavy atom. The number of carbonyl (C=O) groups excluding carboxylic acids is 2. The molecule has 0 aliphatic carbocycles. The van der Waals surface area contributed by atoms with Gasteiger partial charge in [-0.2, -0.15) is 13.2 Å². The maximum Gasteiger partial charge on any atom is 0.418 e. The number of rotatable bonds is 3. The van der Waals surface area contributed by atoms with Gasteiger partial charge in [0.2, 0.25) is 11.8 Å². The predicted octanol–water partition coefficient (Wildman–Crippen LogP) is 4.66. The van der Waals surface area contributed by atoms with Gasteiger partial charge in [0.05, 0.1) is 17.2 Å². The molecule has 3 rings (SSSR count). The molecule has 1 unspecified atom stereocenters. The van der Waals surface area contributed by atoms with Crippen LogP contribution in [0.3, 0.4) is 0 Å². The Morgan fingerprint density at radius 2 is 1.93 bits per heavy atom. The average molecular weight is 397 g/mol. The van der Waals surface area contributed by atoms with Gasteiger partial charge in [0, 0.05) is 23.7 Å². The van der Waals surface area contributed by atoms with Gasteiger partial charge >= 0.3 is 6.18 Å². The quantitative estimate of drug-likeness (QED) is 0.820. The van der Waals surface area contributed by atoms with E-state index in [1.54, 1.807) is 25.1 Å². The van der Waals surface area contributed by atoms with Crippen molar-refractivity contribution >= 4 is 34.8 Å². The fraction of sp³-hybridized carbons (Fsp3) is 0.263. The van der Waals surface area contributed by atoms with E-state index in [1.807, 2.05) is 0 Å². The van der Waals surface area contributed by atoms with Crippen molar-refractivity contribution in [3.05, 3.63) is 58.6 Å². The number of benzene rings is 2. The number of carbonyl (C=O) groups is 2. The van der Waals surface area contributed by atoms with Gasteiger partial charge in [-0.1, -0.05) is 23.7 Å². The molecule has 0 spiro atoms. The Balaban J connectivity index is 1.77. The summed E-state index contributed by atoms with van der Waals surface area (Å²) in [6, 6.07) is 9.80. The summed E-state index contributed by atoms with van der Waals surface area (Å²) in [5.41, 5.74) is 0.173. The maximum absolute atomic E-state index is 13.1. The van der Waals surface area contributed by atoms with E-state index in [1.165, 1.54) is 23.1 Å². The van der Waals surface area contributed by atoms with Crippen LogP contribution in [0.15, 0.2) is 42.5 Å². The highest BCUT2D eigenvalue weighted by molar-refractivity contribution is 6.30. The Bertz CT molecular complexity index is 899. The van der Waals surface area contributed by atoms with E-state index in [-0.39, 0.29) is 24.6 Å². The minimum atomic E-state index is -4.58. The van der Waals surface area contributed by atoms with Gasteiger partial charge in [0.15, 0.2) is 0 Å². The molecule has 1 saturated heterocycles. The molecule has 2 aromatic rings. The van der Waals surface area contributed by atoms with E-state index in [0.29, 0.717) is 10.7 Å². The van der Waals surface area contributed by atoms with Crippen LogP contribution in [0.4, 0.5) is 24.5 Å². The van der Waals surface area contributed by atoms with E-state index >= 15 is 0 Å². The second kappa shape index (κ2) is 7.23. The van der Waals surface area contributed by atoms with E-state index in [4.69, 9.17) is 11.6 Å². The minimum Gasteiger partial charge on any atom is -0.325 e. The first-order valence-electron chi connectivity index (χ1n) is 8.20. The molecule has 27 heavy (non-hydrogen) atoms. The summed E-state index contributed by atoms with van der Waals surface area (Å²) < 4.78 is 39.2. The highest BCUT2D eigenvalue weighted by Gasteiger charge is 2.38. The van der Waals surface area contributed by atoms with E-state index in [2.05, 4.69) is 5.32 Å². The van der Waals surface area contributed by atoms with Gasteiger partial charge in [-0.25, -0.2) is 0 Å². The summed E-state index contributed by atoms with van der Waals surface area (Å²) in [6.45, 7) is 1.89. The Kier molecular flexibility index (Phi) is 5.15. The Morgan fingerprint density at radius 3 is 2.59 bits per heavy atom. The summed E-state index contributed by atoms with van der Waals surface area (Å²) in [5.74, 6) is -1.62. The fourth-order valence-electron chi connectivity index (χ4n) is 3.11. The molecule has 2 aromatic carbocycles. The van der Waals surface area contributed by atoms with E-state index < -0.39 is 23.6 Å². The summed E-state index contributed by atoms with van der Waals surface area (Å²) >= 11 is 5.92. The number of halogens is 4. The van der Waals surface area contributed by atoms with Gasteiger partial charge < -0.3 is 10.2 Å². The summed E-state index contributed by atoms with van der Waals surface area (Å²) in [7, 11) is 0. The molecule has 1 aliphatic rings. The Labute approximate surface area is 158 Å². The molecule has 1 aliphatic heterocycles. The number of nitrogens with zero attached hydrogens (tertiary/aromatic N) is 1. The largest absolute Gasteiger partial charge is 0.418 e. The number of hydrogen-bond donors (Lipinski definition) is 1. The molecule has 0 bridgehead atoms. The molecule has 142 valence electrons. The van der Waals surface area contributed by atoms with Crippen molar-refractivity contribution in [3.8, 4) is 0 Å². The fourth-order valence-corrected chi connectivity index (χ4v) is 3.34. The van der Waals surface area contributed by atoms with Crippen molar-refractivity contribution in [1.82, 2.24) is 0 Å². The molecule has 1 fully saturated rings. The van der Waals surface area contributed by atoms with Crippen LogP contribution in [0.2, 0.25) is 5.02 Å². The number of aryl methyl sites for hydroxylation is 1. The van der Waals surface area contributed by atoms with Crippen molar-refractivity contribution in [3.63, 3.8) is 0 Å². The van der Waals surface area contributed by atoms with Crippen molar-refractivity contribution in [2.24, 2.45) is 5.92 Å². The highest BCUT2D eigenvalue weighted by atomic mass is 35.5. The molecule has 1 heterocycles. The van der Waals surface area contributed by atoms with Crippen LogP contribution in [0, 0.1) is 12.8 Å². The maximum atomic E-state index is 13.1. The van der Waals surface area contributed by atoms with Gasteiger partial charge in [0.25, 0.3) is 0 Å². The normalized spacial score (nSPS) is 17.3. The third-order valence-electron chi connectivity index (χ3n) is 4.44. The Hall–Kier alpha value is -2.54. The van der Waals surface area contributed by atoms with Crippen LogP contribution < -0.4 is 10.2 Å². The lowest BCUT2D eigenvalue weighted by molar-refractivity contribution is -0.137. The van der Waals surface area contributed by atoms with Gasteiger partial charge in [-0.15, -0.1) is 0 Å². The summed E-state index contributed by atoms with van der Waals surface area (Å²) in [6.07, 6.45) is -4.65. The number of para-hydroxylation sites is 1. The molecular formula is C19H16ClF3N2O2. The molecule has 0 saturated carbocycles. The predicted molar refractivity (Wildman–Crippen MR) is 96.7 cm³/mol. The number of nitrogens with one attached hydrogen (secondary N) is 1. The smallest absolute Gasteiger partial charge is 0.325 e. The first-order valence-corrected chi connectivity index (χ1v) is 8.58. The zero-order chi connectivity index (χ0) is 19.8. The van der Waals surface area contributed by atoms with Crippen LogP contribution in [-0.4, -0.2) is 18.4 Å². The van der Waals surface area contributed by atoms with Crippen molar-refractivity contribution in [2.75, 3.05) is 16.8 Å². The monoisotopic (exact) mass is 396 g/mol. The number of anilines is 2. The van der Waals surface area contributed by atoms with Crippen LogP contribution in [0.5, 0.6) is 0 Å². The lowest BCUT2D eigenvalue weighted by Crippen LogP contribution is -2.29. The standard InChI is InChI=1S/C19H16ClF3N2O2/c1-11-8-13(20)6-7-16(11)25-10-12(9-17(25)26)18(27)24-15-5-3-2-4-14(15)19(21,22)23/h2-8,12H,9-10H2,1H3,(H,24,27). The summed E-state index contributed by atoms with van der Waals surface area (Å²) in [4.78, 5) is 26.3. The third kappa shape index (κ3) is 4.08. The zero-order valence-electron chi connectivity index (χ0n) is 14.3. The average Bonchev–Trinajstić information content (AvgIpc) is 2.96. The number of amides is 2. The first kappa shape index (κ1) is 19.2. The van der Waals surface area contributed by atoms with Crippen molar-refractivity contribution in [1.29, 1.82) is 0 Å². The topological polar surface area (TPSA) is 49.4 Å². The van der Waals surface area contributed by atoms with Crippen molar-refractivity contribution < 1.29 is 22.8 Å². The second-order valence-corrected chi connectivity index (χ2v) is 6.81. The molecule has 8 heteroatoms. The molecule has 0 radical (unpaired) electrons. The number of alkyl halides is 3. The summed E-state index contributed by atoms with van der Waals surface area (Å²) in [5, 5.41) is 2.85. The minimum absolute atomic E-state index is 0.0674. The van der Waals surface area contributed by atoms with Crippen LogP contribution in [0.25, 0.3) is 0 Å². The SMILES string of the molecule is Cc1cc(Cl)ccc1N1CC(C(=O)Nc2ccccc2C(F)(F)F)CC1=O.